The summed E-state index contributed by atoms with van der Waals surface area (Å²) in [4.78, 5) is 11.2. The molecular formula is C15H27N5. The van der Waals surface area contributed by atoms with Gasteiger partial charge in [0.15, 0.2) is 0 Å². The predicted molar refractivity (Wildman–Crippen MR) is 84.3 cm³/mol. The van der Waals surface area contributed by atoms with Gasteiger partial charge in [0.2, 0.25) is 5.95 Å². The van der Waals surface area contributed by atoms with E-state index in [0.717, 1.165) is 37.0 Å². The molecule has 5 nitrogen and oxygen atoms in total. The molecule has 1 aliphatic carbocycles. The van der Waals surface area contributed by atoms with Gasteiger partial charge in [0.25, 0.3) is 0 Å². The van der Waals surface area contributed by atoms with Crippen molar-refractivity contribution in [3.63, 3.8) is 0 Å². The van der Waals surface area contributed by atoms with Gasteiger partial charge in [-0.25, -0.2) is 4.98 Å². The molecule has 0 atom stereocenters. The van der Waals surface area contributed by atoms with Crippen LogP contribution in [-0.4, -0.2) is 48.1 Å². The van der Waals surface area contributed by atoms with Crippen LogP contribution in [0.1, 0.15) is 37.8 Å². The number of aromatic nitrogens is 2. The molecule has 1 aromatic heterocycles. The number of rotatable bonds is 7. The largest absolute Gasteiger partial charge is 0.367 e. The summed E-state index contributed by atoms with van der Waals surface area (Å²) in [5.74, 6) is 1.70. The number of hydrogen-bond donors (Lipinski definition) is 2. The molecule has 2 N–H and O–H groups in total. The molecular weight excluding hydrogens is 250 g/mol. The summed E-state index contributed by atoms with van der Waals surface area (Å²) in [7, 11) is 4.18. The van der Waals surface area contributed by atoms with E-state index in [0.29, 0.717) is 6.04 Å². The molecule has 0 amide bonds. The first-order valence-electron chi connectivity index (χ1n) is 7.64. The minimum Gasteiger partial charge on any atom is -0.367 e. The van der Waals surface area contributed by atoms with Crippen LogP contribution in [-0.2, 0) is 0 Å². The zero-order valence-corrected chi connectivity index (χ0v) is 12.9. The SMILES string of the molecule is Cc1cc(NC2CCCC2)nc(NCCCN(C)C)n1. The Morgan fingerprint density at radius 2 is 2.00 bits per heavy atom. The Morgan fingerprint density at radius 1 is 1.25 bits per heavy atom. The van der Waals surface area contributed by atoms with Crippen molar-refractivity contribution in [3.05, 3.63) is 11.8 Å². The van der Waals surface area contributed by atoms with E-state index < -0.39 is 0 Å². The van der Waals surface area contributed by atoms with Crippen LogP contribution in [0.3, 0.4) is 0 Å². The summed E-state index contributed by atoms with van der Waals surface area (Å²) in [6.07, 6.45) is 6.27. The average Bonchev–Trinajstić information content (AvgIpc) is 2.86. The van der Waals surface area contributed by atoms with Crippen LogP contribution in [0.5, 0.6) is 0 Å². The molecule has 1 aromatic rings. The van der Waals surface area contributed by atoms with Gasteiger partial charge in [-0.1, -0.05) is 12.8 Å². The van der Waals surface area contributed by atoms with Gasteiger partial charge in [-0.15, -0.1) is 0 Å². The summed E-state index contributed by atoms with van der Waals surface area (Å²) < 4.78 is 0. The van der Waals surface area contributed by atoms with Crippen LogP contribution < -0.4 is 10.6 Å². The number of nitrogens with one attached hydrogen (secondary N) is 2. The minimum atomic E-state index is 0.589. The van der Waals surface area contributed by atoms with Gasteiger partial charge in [-0.05, 0) is 46.8 Å². The summed E-state index contributed by atoms with van der Waals surface area (Å²) in [5, 5.41) is 6.85. The summed E-state index contributed by atoms with van der Waals surface area (Å²) >= 11 is 0. The van der Waals surface area contributed by atoms with E-state index in [-0.39, 0.29) is 0 Å². The smallest absolute Gasteiger partial charge is 0.224 e. The Labute approximate surface area is 122 Å². The Kier molecular flexibility index (Phi) is 5.59. The molecule has 0 aliphatic heterocycles. The van der Waals surface area contributed by atoms with Crippen LogP contribution in [0.25, 0.3) is 0 Å². The highest BCUT2D eigenvalue weighted by molar-refractivity contribution is 5.43. The molecule has 0 bridgehead atoms. The maximum Gasteiger partial charge on any atom is 0.224 e. The molecule has 0 unspecified atom stereocenters. The first-order valence-corrected chi connectivity index (χ1v) is 7.64. The van der Waals surface area contributed by atoms with Gasteiger partial charge in [0, 0.05) is 24.3 Å². The second-order valence-electron chi connectivity index (χ2n) is 5.93. The van der Waals surface area contributed by atoms with Crippen molar-refractivity contribution in [1.82, 2.24) is 14.9 Å². The molecule has 1 saturated carbocycles. The normalized spacial score (nSPS) is 15.8. The second-order valence-corrected chi connectivity index (χ2v) is 5.93. The molecule has 0 saturated heterocycles. The standard InChI is InChI=1S/C15H27N5/c1-12-11-14(18-13-7-4-5-8-13)19-15(17-12)16-9-6-10-20(2)3/h11,13H,4-10H2,1-3H3,(H2,16,17,18,19). The van der Waals surface area contributed by atoms with E-state index in [1.807, 2.05) is 13.0 Å². The van der Waals surface area contributed by atoms with Crippen molar-refractivity contribution in [1.29, 1.82) is 0 Å². The molecule has 1 aliphatic rings. The minimum absolute atomic E-state index is 0.589. The summed E-state index contributed by atoms with van der Waals surface area (Å²) in [6, 6.07) is 2.62. The fraction of sp³-hybridized carbons (Fsp3) is 0.733. The highest BCUT2D eigenvalue weighted by Gasteiger charge is 2.15. The van der Waals surface area contributed by atoms with Crippen LogP contribution in [0.4, 0.5) is 11.8 Å². The fourth-order valence-corrected chi connectivity index (χ4v) is 2.60. The monoisotopic (exact) mass is 277 g/mol. The van der Waals surface area contributed by atoms with Gasteiger partial charge in [0.1, 0.15) is 5.82 Å². The quantitative estimate of drug-likeness (QED) is 0.750. The number of anilines is 2. The maximum atomic E-state index is 4.57. The highest BCUT2D eigenvalue weighted by atomic mass is 15.1. The van der Waals surface area contributed by atoms with Gasteiger partial charge >= 0.3 is 0 Å². The zero-order chi connectivity index (χ0) is 14.4. The molecule has 1 fully saturated rings. The third-order valence-corrected chi connectivity index (χ3v) is 3.63. The van der Waals surface area contributed by atoms with Crippen LogP contribution >= 0.6 is 0 Å². The molecule has 112 valence electrons. The van der Waals surface area contributed by atoms with Crippen molar-refractivity contribution >= 4 is 11.8 Å². The van der Waals surface area contributed by atoms with Crippen molar-refractivity contribution in [2.45, 2.75) is 45.1 Å². The lowest BCUT2D eigenvalue weighted by molar-refractivity contribution is 0.405. The lowest BCUT2D eigenvalue weighted by atomic mass is 10.2. The van der Waals surface area contributed by atoms with Crippen molar-refractivity contribution < 1.29 is 0 Å². The maximum absolute atomic E-state index is 4.57. The van der Waals surface area contributed by atoms with E-state index in [4.69, 9.17) is 0 Å². The van der Waals surface area contributed by atoms with Crippen molar-refractivity contribution in [2.24, 2.45) is 0 Å². The molecule has 0 spiro atoms. The zero-order valence-electron chi connectivity index (χ0n) is 12.9. The first kappa shape index (κ1) is 15.0. The van der Waals surface area contributed by atoms with Crippen LogP contribution in [0.2, 0.25) is 0 Å². The van der Waals surface area contributed by atoms with Gasteiger partial charge in [0.05, 0.1) is 0 Å². The second kappa shape index (κ2) is 7.43. The van der Waals surface area contributed by atoms with E-state index in [1.165, 1.54) is 25.7 Å². The fourth-order valence-electron chi connectivity index (χ4n) is 2.60. The molecule has 5 heteroatoms. The van der Waals surface area contributed by atoms with Crippen molar-refractivity contribution in [2.75, 3.05) is 37.8 Å². The molecule has 1 heterocycles. The Balaban J connectivity index is 1.86. The Morgan fingerprint density at radius 3 is 2.70 bits per heavy atom. The van der Waals surface area contributed by atoms with Gasteiger partial charge in [-0.3, -0.25) is 0 Å². The van der Waals surface area contributed by atoms with Gasteiger partial charge < -0.3 is 15.5 Å². The van der Waals surface area contributed by atoms with E-state index in [9.17, 15) is 0 Å². The first-order chi connectivity index (χ1) is 9.63. The van der Waals surface area contributed by atoms with Crippen molar-refractivity contribution in [3.8, 4) is 0 Å². The van der Waals surface area contributed by atoms with E-state index in [2.05, 4.69) is 39.6 Å². The average molecular weight is 277 g/mol. The number of aryl methyl sites for hydroxylation is 1. The Hall–Kier alpha value is -1.36. The summed E-state index contributed by atoms with van der Waals surface area (Å²) in [5.41, 5.74) is 1.01. The van der Waals surface area contributed by atoms with E-state index in [1.54, 1.807) is 0 Å². The molecule has 0 radical (unpaired) electrons. The number of hydrogen-bond acceptors (Lipinski definition) is 5. The van der Waals surface area contributed by atoms with Crippen LogP contribution in [0, 0.1) is 6.92 Å². The highest BCUT2D eigenvalue weighted by Crippen LogP contribution is 2.22. The topological polar surface area (TPSA) is 53.1 Å². The molecule has 0 aromatic carbocycles. The van der Waals surface area contributed by atoms with Gasteiger partial charge in [-0.2, -0.15) is 4.98 Å². The lowest BCUT2D eigenvalue weighted by Crippen LogP contribution is -2.18. The van der Waals surface area contributed by atoms with E-state index >= 15 is 0 Å². The number of nitrogens with zero attached hydrogens (tertiary/aromatic N) is 3. The Bertz CT molecular complexity index is 413. The van der Waals surface area contributed by atoms with Crippen LogP contribution in [0.15, 0.2) is 6.07 Å². The lowest BCUT2D eigenvalue weighted by Gasteiger charge is -2.14. The molecule has 20 heavy (non-hydrogen) atoms. The third-order valence-electron chi connectivity index (χ3n) is 3.63. The summed E-state index contributed by atoms with van der Waals surface area (Å²) in [6.45, 7) is 4.00. The molecule has 2 rings (SSSR count). The third kappa shape index (κ3) is 4.96. The predicted octanol–water partition coefficient (Wildman–Crippen LogP) is 2.50.